The van der Waals surface area contributed by atoms with Gasteiger partial charge in [0.25, 0.3) is 5.91 Å². The van der Waals surface area contributed by atoms with E-state index in [1.165, 1.54) is 16.7 Å². The number of hydrogen-bond donors (Lipinski definition) is 1. The number of rotatable bonds is 2. The maximum Gasteiger partial charge on any atom is 0.257 e. The van der Waals surface area contributed by atoms with Gasteiger partial charge in [0.1, 0.15) is 0 Å². The Balaban J connectivity index is 1.64. The van der Waals surface area contributed by atoms with Crippen LogP contribution in [-0.2, 0) is 4.79 Å². The number of carbonyl (C=O) groups is 1. The van der Waals surface area contributed by atoms with E-state index in [1.54, 1.807) is 18.3 Å². The molecule has 0 saturated heterocycles. The minimum atomic E-state index is -0.129. The average Bonchev–Trinajstić information content (AvgIpc) is 2.86. The third-order valence-corrected chi connectivity index (χ3v) is 3.33. The Hall–Kier alpha value is -2.49. The zero-order chi connectivity index (χ0) is 12.1. The standard InChI is InChI=1S/C14H9N3O/c18-14(16-13-2-1-5-15-17-13)10-4-3-9-11-6-8(11)7-12(9)10/h1-5,7H,6H2,(H,16,17,18). The fraction of sp³-hybridized carbons (Fsp3) is 0.0714. The monoisotopic (exact) mass is 235 g/mol. The van der Waals surface area contributed by atoms with Gasteiger partial charge in [-0.1, -0.05) is 6.08 Å². The van der Waals surface area contributed by atoms with Crippen LogP contribution in [0.15, 0.2) is 64.4 Å². The summed E-state index contributed by atoms with van der Waals surface area (Å²) in [6, 6.07) is 3.46. The van der Waals surface area contributed by atoms with E-state index in [9.17, 15) is 4.79 Å². The number of aromatic nitrogens is 2. The summed E-state index contributed by atoms with van der Waals surface area (Å²) in [6.07, 6.45) is 8.66. The molecule has 0 radical (unpaired) electrons. The van der Waals surface area contributed by atoms with Crippen LogP contribution in [-0.4, -0.2) is 16.1 Å². The second-order valence-corrected chi connectivity index (χ2v) is 4.46. The van der Waals surface area contributed by atoms with E-state index in [-0.39, 0.29) is 5.91 Å². The highest BCUT2D eigenvalue weighted by Crippen LogP contribution is 2.51. The molecule has 4 rings (SSSR count). The van der Waals surface area contributed by atoms with Crippen molar-refractivity contribution in [2.75, 3.05) is 5.32 Å². The molecule has 4 nitrogen and oxygen atoms in total. The third-order valence-electron chi connectivity index (χ3n) is 3.33. The summed E-state index contributed by atoms with van der Waals surface area (Å²) in [5, 5.41) is 10.3. The first kappa shape index (κ1) is 9.53. The molecule has 0 unspecified atom stereocenters. The molecule has 1 fully saturated rings. The zero-order valence-corrected chi connectivity index (χ0v) is 9.47. The average molecular weight is 235 g/mol. The molecule has 1 aromatic rings. The van der Waals surface area contributed by atoms with E-state index in [4.69, 9.17) is 0 Å². The summed E-state index contributed by atoms with van der Waals surface area (Å²) in [6.45, 7) is 0. The normalized spacial score (nSPS) is 18.8. The molecule has 0 aliphatic heterocycles. The fourth-order valence-corrected chi connectivity index (χ4v) is 2.39. The first-order valence-corrected chi connectivity index (χ1v) is 5.79. The maximum atomic E-state index is 12.1. The van der Waals surface area contributed by atoms with Gasteiger partial charge in [0.2, 0.25) is 0 Å². The molecule has 0 aromatic carbocycles. The summed E-state index contributed by atoms with van der Waals surface area (Å²) < 4.78 is 0. The predicted octanol–water partition coefficient (Wildman–Crippen LogP) is 1.92. The van der Waals surface area contributed by atoms with Crippen molar-refractivity contribution in [3.8, 4) is 0 Å². The Morgan fingerprint density at radius 3 is 3.06 bits per heavy atom. The van der Waals surface area contributed by atoms with E-state index < -0.39 is 0 Å². The fourth-order valence-electron chi connectivity index (χ4n) is 2.39. The van der Waals surface area contributed by atoms with E-state index in [0.29, 0.717) is 11.4 Å². The molecule has 0 atom stereocenters. The molecule has 1 N–H and O–H groups in total. The van der Waals surface area contributed by atoms with Crippen molar-refractivity contribution in [3.63, 3.8) is 0 Å². The second-order valence-electron chi connectivity index (χ2n) is 4.46. The molecule has 1 amide bonds. The summed E-state index contributed by atoms with van der Waals surface area (Å²) in [5.74, 6) is 0.344. The number of nitrogens with zero attached hydrogens (tertiary/aromatic N) is 2. The maximum absolute atomic E-state index is 12.1. The van der Waals surface area contributed by atoms with Crippen LogP contribution in [0.5, 0.6) is 0 Å². The lowest BCUT2D eigenvalue weighted by atomic mass is 10.1. The largest absolute Gasteiger partial charge is 0.305 e. The number of fused-ring (bicyclic) bond motifs is 2. The lowest BCUT2D eigenvalue weighted by molar-refractivity contribution is -0.112. The van der Waals surface area contributed by atoms with Gasteiger partial charge in [-0.2, -0.15) is 5.10 Å². The minimum Gasteiger partial charge on any atom is -0.305 e. The minimum absolute atomic E-state index is 0.129. The van der Waals surface area contributed by atoms with E-state index in [2.05, 4.69) is 21.6 Å². The van der Waals surface area contributed by atoms with Crippen molar-refractivity contribution in [1.82, 2.24) is 10.2 Å². The number of hydrogen-bond acceptors (Lipinski definition) is 3. The topological polar surface area (TPSA) is 54.9 Å². The van der Waals surface area contributed by atoms with Crippen LogP contribution in [0, 0.1) is 0 Å². The zero-order valence-electron chi connectivity index (χ0n) is 9.47. The quantitative estimate of drug-likeness (QED) is 0.852. The molecule has 18 heavy (non-hydrogen) atoms. The molecular weight excluding hydrogens is 226 g/mol. The summed E-state index contributed by atoms with van der Waals surface area (Å²) in [4.78, 5) is 12.1. The van der Waals surface area contributed by atoms with Crippen LogP contribution in [0.1, 0.15) is 6.42 Å². The number of amides is 1. The first-order chi connectivity index (χ1) is 8.83. The van der Waals surface area contributed by atoms with Crippen LogP contribution in [0.25, 0.3) is 0 Å². The van der Waals surface area contributed by atoms with Gasteiger partial charge < -0.3 is 5.32 Å². The molecule has 4 heteroatoms. The number of nitrogens with one attached hydrogen (secondary N) is 1. The summed E-state index contributed by atoms with van der Waals surface area (Å²) in [5.41, 5.74) is 5.74. The molecule has 1 aromatic heterocycles. The summed E-state index contributed by atoms with van der Waals surface area (Å²) >= 11 is 0. The first-order valence-electron chi connectivity index (χ1n) is 5.79. The third kappa shape index (κ3) is 1.29. The van der Waals surface area contributed by atoms with Gasteiger partial charge >= 0.3 is 0 Å². The Labute approximate surface area is 103 Å². The van der Waals surface area contributed by atoms with E-state index >= 15 is 0 Å². The van der Waals surface area contributed by atoms with Crippen LogP contribution >= 0.6 is 0 Å². The Morgan fingerprint density at radius 2 is 2.22 bits per heavy atom. The molecule has 3 aliphatic rings. The molecule has 1 saturated carbocycles. The molecule has 0 bridgehead atoms. The highest BCUT2D eigenvalue weighted by Gasteiger charge is 2.35. The van der Waals surface area contributed by atoms with Gasteiger partial charge in [-0.15, -0.1) is 5.10 Å². The highest BCUT2D eigenvalue weighted by atomic mass is 16.1. The predicted molar refractivity (Wildman–Crippen MR) is 66.6 cm³/mol. The van der Waals surface area contributed by atoms with Gasteiger partial charge in [-0.3, -0.25) is 4.79 Å². The van der Waals surface area contributed by atoms with E-state index in [0.717, 1.165) is 12.0 Å². The molecule has 0 spiro atoms. The van der Waals surface area contributed by atoms with Crippen LogP contribution in [0.4, 0.5) is 5.82 Å². The van der Waals surface area contributed by atoms with Crippen LogP contribution in [0.2, 0.25) is 0 Å². The second kappa shape index (κ2) is 3.26. The number of allylic oxidation sites excluding steroid dienone is 6. The Kier molecular flexibility index (Phi) is 1.73. The van der Waals surface area contributed by atoms with Crippen molar-refractivity contribution < 1.29 is 4.79 Å². The smallest absolute Gasteiger partial charge is 0.257 e. The van der Waals surface area contributed by atoms with Crippen molar-refractivity contribution in [3.05, 3.63) is 64.4 Å². The van der Waals surface area contributed by atoms with Gasteiger partial charge in [-0.05, 0) is 53.0 Å². The van der Waals surface area contributed by atoms with E-state index in [1.807, 2.05) is 12.2 Å². The van der Waals surface area contributed by atoms with Crippen molar-refractivity contribution in [2.45, 2.75) is 6.42 Å². The number of anilines is 1. The lowest BCUT2D eigenvalue weighted by Gasteiger charge is -2.04. The molecule has 86 valence electrons. The van der Waals surface area contributed by atoms with Crippen molar-refractivity contribution in [2.24, 2.45) is 0 Å². The molecule has 1 heterocycles. The van der Waals surface area contributed by atoms with Gasteiger partial charge in [0.05, 0.1) is 0 Å². The lowest BCUT2D eigenvalue weighted by Crippen LogP contribution is -2.14. The molecule has 3 aliphatic carbocycles. The number of carbonyl (C=O) groups excluding carboxylic acids is 1. The SMILES string of the molecule is O=C(Nc1cccnn1)C1=C2C=C3CC3=C2C=C1. The molecular formula is C14H9N3O. The van der Waals surface area contributed by atoms with Gasteiger partial charge in [0, 0.05) is 11.8 Å². The van der Waals surface area contributed by atoms with Gasteiger partial charge in [-0.25, -0.2) is 0 Å². The highest BCUT2D eigenvalue weighted by molar-refractivity contribution is 6.08. The Bertz CT molecular complexity index is 693. The van der Waals surface area contributed by atoms with Gasteiger partial charge in [0.15, 0.2) is 5.82 Å². The Morgan fingerprint density at radius 1 is 1.28 bits per heavy atom. The summed E-state index contributed by atoms with van der Waals surface area (Å²) in [7, 11) is 0. The van der Waals surface area contributed by atoms with Crippen molar-refractivity contribution >= 4 is 11.7 Å². The van der Waals surface area contributed by atoms with Crippen LogP contribution < -0.4 is 5.32 Å². The van der Waals surface area contributed by atoms with Crippen molar-refractivity contribution in [1.29, 1.82) is 0 Å². The van der Waals surface area contributed by atoms with Crippen LogP contribution in [0.3, 0.4) is 0 Å².